The van der Waals surface area contributed by atoms with Gasteiger partial charge in [-0.25, -0.2) is 8.42 Å². The first kappa shape index (κ1) is 14.8. The van der Waals surface area contributed by atoms with Gasteiger partial charge in [0, 0.05) is 17.9 Å². The fourth-order valence-electron chi connectivity index (χ4n) is 1.46. The maximum atomic E-state index is 11.4. The lowest BCUT2D eigenvalue weighted by Crippen LogP contribution is -2.16. The van der Waals surface area contributed by atoms with Crippen LogP contribution in [0.15, 0.2) is 18.2 Å². The van der Waals surface area contributed by atoms with Crippen molar-refractivity contribution in [1.29, 1.82) is 0 Å². The molecule has 1 rings (SSSR count). The third kappa shape index (κ3) is 3.89. The monoisotopic (exact) mass is 273 g/mol. The largest absolute Gasteiger partial charge is 0.493 e. The van der Waals surface area contributed by atoms with Crippen LogP contribution in [0.5, 0.6) is 11.5 Å². The molecule has 0 aliphatic rings. The normalized spacial score (nSPS) is 11.3. The maximum Gasteiger partial charge on any atom is 0.165 e. The van der Waals surface area contributed by atoms with E-state index in [9.17, 15) is 8.42 Å². The molecule has 0 heterocycles. The predicted octanol–water partition coefficient (Wildman–Crippen LogP) is 0.967. The minimum atomic E-state index is -3.03. The summed E-state index contributed by atoms with van der Waals surface area (Å²) in [5.74, 6) is 1.19. The van der Waals surface area contributed by atoms with E-state index in [0.717, 1.165) is 5.56 Å². The van der Waals surface area contributed by atoms with Gasteiger partial charge < -0.3 is 15.2 Å². The number of hydrogen-bond donors (Lipinski definition) is 1. The molecule has 0 aliphatic heterocycles. The lowest BCUT2D eigenvalue weighted by molar-refractivity contribution is 0.308. The van der Waals surface area contributed by atoms with Crippen molar-refractivity contribution in [3.63, 3.8) is 0 Å². The first-order chi connectivity index (χ1) is 8.54. The third-order valence-electron chi connectivity index (χ3n) is 2.58. The highest BCUT2D eigenvalue weighted by atomic mass is 32.2. The average Bonchev–Trinajstić information content (AvgIpc) is 2.38. The number of benzene rings is 1. The van der Waals surface area contributed by atoms with Crippen LogP contribution in [0.2, 0.25) is 0 Å². The molecule has 0 unspecified atom stereocenters. The van der Waals surface area contributed by atoms with Gasteiger partial charge in [-0.05, 0) is 6.07 Å². The molecule has 2 N–H and O–H groups in total. The fraction of sp³-hybridized carbons (Fsp3) is 0.500. The molecule has 0 spiro atoms. The second kappa shape index (κ2) is 6.61. The van der Waals surface area contributed by atoms with Gasteiger partial charge in [0.05, 0.1) is 12.9 Å². The molecule has 0 atom stereocenters. The van der Waals surface area contributed by atoms with Crippen LogP contribution in [0.25, 0.3) is 0 Å². The van der Waals surface area contributed by atoms with Gasteiger partial charge >= 0.3 is 0 Å². The highest BCUT2D eigenvalue weighted by molar-refractivity contribution is 7.91. The van der Waals surface area contributed by atoms with E-state index in [1.807, 2.05) is 12.1 Å². The van der Waals surface area contributed by atoms with E-state index < -0.39 is 9.84 Å². The highest BCUT2D eigenvalue weighted by Gasteiger charge is 2.12. The van der Waals surface area contributed by atoms with Crippen molar-refractivity contribution in [2.75, 3.05) is 25.2 Å². The number of ether oxygens (including phenoxy) is 2. The molecule has 0 radical (unpaired) electrons. The van der Waals surface area contributed by atoms with Crippen LogP contribution >= 0.6 is 0 Å². The molecular formula is C12H19NO4S. The Hall–Kier alpha value is -1.27. The van der Waals surface area contributed by atoms with Crippen molar-refractivity contribution in [3.8, 4) is 11.5 Å². The summed E-state index contributed by atoms with van der Waals surface area (Å²) in [4.78, 5) is 0. The van der Waals surface area contributed by atoms with E-state index in [2.05, 4.69) is 0 Å². The van der Waals surface area contributed by atoms with E-state index in [0.29, 0.717) is 18.0 Å². The summed E-state index contributed by atoms with van der Waals surface area (Å²) in [6, 6.07) is 5.39. The van der Waals surface area contributed by atoms with Crippen molar-refractivity contribution in [1.82, 2.24) is 0 Å². The molecule has 0 aliphatic carbocycles. The van der Waals surface area contributed by atoms with E-state index >= 15 is 0 Å². The number of para-hydroxylation sites is 1. The first-order valence-electron chi connectivity index (χ1n) is 5.73. The Kier molecular flexibility index (Phi) is 5.43. The smallest absolute Gasteiger partial charge is 0.165 e. The molecule has 5 nitrogen and oxygen atoms in total. The summed E-state index contributed by atoms with van der Waals surface area (Å²) < 4.78 is 33.4. The number of nitrogens with two attached hydrogens (primary N) is 1. The van der Waals surface area contributed by atoms with Crippen LogP contribution in [0, 0.1) is 0 Å². The molecule has 0 amide bonds. The van der Waals surface area contributed by atoms with Crippen molar-refractivity contribution in [2.45, 2.75) is 13.5 Å². The summed E-state index contributed by atoms with van der Waals surface area (Å²) >= 11 is 0. The van der Waals surface area contributed by atoms with Gasteiger partial charge in [0.25, 0.3) is 0 Å². The van der Waals surface area contributed by atoms with Gasteiger partial charge in [-0.3, -0.25) is 0 Å². The minimum Gasteiger partial charge on any atom is -0.493 e. The molecule has 1 aromatic carbocycles. The molecule has 0 bridgehead atoms. The standard InChI is InChI=1S/C12H19NO4S/c1-3-18(14,15)8-7-17-12-10(9-13)5-4-6-11(12)16-2/h4-6H,3,7-9,13H2,1-2H3. The minimum absolute atomic E-state index is 0.00837. The Morgan fingerprint density at radius 3 is 2.61 bits per heavy atom. The summed E-state index contributed by atoms with van der Waals surface area (Å²) in [6.07, 6.45) is 0. The molecule has 6 heteroatoms. The van der Waals surface area contributed by atoms with Gasteiger partial charge in [-0.2, -0.15) is 0 Å². The topological polar surface area (TPSA) is 78.6 Å². The van der Waals surface area contributed by atoms with Crippen LogP contribution in [0.1, 0.15) is 12.5 Å². The summed E-state index contributed by atoms with van der Waals surface area (Å²) in [5, 5.41) is 0. The van der Waals surface area contributed by atoms with Crippen molar-refractivity contribution in [3.05, 3.63) is 23.8 Å². The van der Waals surface area contributed by atoms with Crippen molar-refractivity contribution in [2.24, 2.45) is 5.73 Å². The second-order valence-corrected chi connectivity index (χ2v) is 6.21. The Bertz CT molecular complexity index is 463. The van der Waals surface area contributed by atoms with E-state index in [4.69, 9.17) is 15.2 Å². The van der Waals surface area contributed by atoms with Crippen LogP contribution in [0.4, 0.5) is 0 Å². The molecule has 0 saturated heterocycles. The summed E-state index contributed by atoms with van der Waals surface area (Å²) in [6.45, 7) is 2.03. The lowest BCUT2D eigenvalue weighted by atomic mass is 10.2. The SMILES string of the molecule is CCS(=O)(=O)CCOc1c(CN)cccc1OC. The summed E-state index contributed by atoms with van der Waals surface area (Å²) in [5.41, 5.74) is 6.40. The van der Waals surface area contributed by atoms with Gasteiger partial charge in [-0.1, -0.05) is 19.1 Å². The van der Waals surface area contributed by atoms with Crippen LogP contribution in [0.3, 0.4) is 0 Å². The second-order valence-electron chi connectivity index (χ2n) is 3.74. The highest BCUT2D eigenvalue weighted by Crippen LogP contribution is 2.30. The van der Waals surface area contributed by atoms with Gasteiger partial charge in [-0.15, -0.1) is 0 Å². The molecule has 0 aromatic heterocycles. The number of hydrogen-bond acceptors (Lipinski definition) is 5. The maximum absolute atomic E-state index is 11.4. The Morgan fingerprint density at radius 2 is 2.06 bits per heavy atom. The van der Waals surface area contributed by atoms with E-state index in [1.165, 1.54) is 7.11 Å². The van der Waals surface area contributed by atoms with Crippen LogP contribution in [-0.2, 0) is 16.4 Å². The van der Waals surface area contributed by atoms with E-state index in [1.54, 1.807) is 13.0 Å². The molecule has 1 aromatic rings. The average molecular weight is 273 g/mol. The van der Waals surface area contributed by atoms with Gasteiger partial charge in [0.1, 0.15) is 6.61 Å². The zero-order chi connectivity index (χ0) is 13.6. The first-order valence-corrected chi connectivity index (χ1v) is 7.55. The number of methoxy groups -OCH3 is 1. The number of rotatable bonds is 7. The van der Waals surface area contributed by atoms with Crippen molar-refractivity contribution >= 4 is 9.84 Å². The Balaban J connectivity index is 2.77. The number of sulfone groups is 1. The molecule has 0 saturated carbocycles. The van der Waals surface area contributed by atoms with Crippen LogP contribution in [-0.4, -0.2) is 33.6 Å². The van der Waals surface area contributed by atoms with E-state index in [-0.39, 0.29) is 18.1 Å². The van der Waals surface area contributed by atoms with Crippen LogP contribution < -0.4 is 15.2 Å². The van der Waals surface area contributed by atoms with Gasteiger partial charge in [0.15, 0.2) is 21.3 Å². The lowest BCUT2D eigenvalue weighted by Gasteiger charge is -2.14. The quantitative estimate of drug-likeness (QED) is 0.800. The third-order valence-corrected chi connectivity index (χ3v) is 4.25. The zero-order valence-corrected chi connectivity index (χ0v) is 11.5. The molecule has 18 heavy (non-hydrogen) atoms. The van der Waals surface area contributed by atoms with Crippen molar-refractivity contribution < 1.29 is 17.9 Å². The van der Waals surface area contributed by atoms with Gasteiger partial charge in [0.2, 0.25) is 0 Å². The Labute approximate surface area is 108 Å². The Morgan fingerprint density at radius 1 is 1.33 bits per heavy atom. The predicted molar refractivity (Wildman–Crippen MR) is 70.7 cm³/mol. The molecule has 0 fully saturated rings. The fourth-order valence-corrected chi connectivity index (χ4v) is 2.09. The zero-order valence-electron chi connectivity index (χ0n) is 10.7. The molecular weight excluding hydrogens is 254 g/mol. The summed E-state index contributed by atoms with van der Waals surface area (Å²) in [7, 11) is -1.49. The molecule has 102 valence electrons.